The van der Waals surface area contributed by atoms with Crippen LogP contribution >= 0.6 is 0 Å². The number of rotatable bonds is 7. The monoisotopic (exact) mass is 243 g/mol. The summed E-state index contributed by atoms with van der Waals surface area (Å²) < 4.78 is 0. The van der Waals surface area contributed by atoms with E-state index >= 15 is 0 Å². The number of hydrogen-bond donors (Lipinski definition) is 2. The van der Waals surface area contributed by atoms with E-state index in [0.29, 0.717) is 25.4 Å². The van der Waals surface area contributed by atoms with Gasteiger partial charge in [0.2, 0.25) is 5.91 Å². The van der Waals surface area contributed by atoms with E-state index in [9.17, 15) is 4.79 Å². The number of amides is 1. The molecule has 0 saturated heterocycles. The molecule has 0 aliphatic heterocycles. The molecule has 4 nitrogen and oxygen atoms in total. The third-order valence-electron chi connectivity index (χ3n) is 3.48. The number of nitrogens with zero attached hydrogens (tertiary/aromatic N) is 1. The molecule has 1 fully saturated rings. The lowest BCUT2D eigenvalue weighted by molar-refractivity contribution is -0.135. The van der Waals surface area contributed by atoms with Crippen LogP contribution in [-0.2, 0) is 4.79 Å². The van der Waals surface area contributed by atoms with Gasteiger partial charge < -0.3 is 15.1 Å². The summed E-state index contributed by atoms with van der Waals surface area (Å²) >= 11 is 0. The third-order valence-corrected chi connectivity index (χ3v) is 3.48. The van der Waals surface area contributed by atoms with E-state index in [4.69, 9.17) is 10.2 Å². The number of aliphatic hydroxyl groups is 2. The van der Waals surface area contributed by atoms with Crippen molar-refractivity contribution in [3.05, 3.63) is 0 Å². The first-order valence-corrected chi connectivity index (χ1v) is 6.80. The maximum atomic E-state index is 12.0. The number of carbonyl (C=O) groups is 1. The first kappa shape index (κ1) is 14.5. The van der Waals surface area contributed by atoms with Gasteiger partial charge in [-0.05, 0) is 25.7 Å². The average Bonchev–Trinajstić information content (AvgIpc) is 2.37. The van der Waals surface area contributed by atoms with Crippen molar-refractivity contribution in [2.24, 2.45) is 0 Å². The second-order valence-electron chi connectivity index (χ2n) is 4.78. The van der Waals surface area contributed by atoms with Crippen molar-refractivity contribution in [3.8, 4) is 0 Å². The first-order chi connectivity index (χ1) is 8.29. The molecule has 100 valence electrons. The zero-order chi connectivity index (χ0) is 12.5. The summed E-state index contributed by atoms with van der Waals surface area (Å²) in [5.41, 5.74) is 0. The zero-order valence-electron chi connectivity index (χ0n) is 10.6. The molecule has 0 unspecified atom stereocenters. The Hall–Kier alpha value is -0.610. The van der Waals surface area contributed by atoms with E-state index in [0.717, 1.165) is 19.3 Å². The van der Waals surface area contributed by atoms with Crippen molar-refractivity contribution in [3.63, 3.8) is 0 Å². The summed E-state index contributed by atoms with van der Waals surface area (Å²) in [6.07, 6.45) is 7.72. The lowest BCUT2D eigenvalue weighted by Crippen LogP contribution is -2.43. The molecule has 0 heterocycles. The van der Waals surface area contributed by atoms with Crippen molar-refractivity contribution >= 4 is 5.91 Å². The number of carbonyl (C=O) groups excluding carboxylic acids is 1. The van der Waals surface area contributed by atoms with E-state index in [2.05, 4.69) is 0 Å². The fourth-order valence-electron chi connectivity index (χ4n) is 2.54. The molecule has 1 saturated carbocycles. The molecule has 0 aromatic rings. The van der Waals surface area contributed by atoms with Crippen LogP contribution in [0.1, 0.15) is 51.4 Å². The molecular weight excluding hydrogens is 218 g/mol. The predicted octanol–water partition coefficient (Wildman–Crippen LogP) is 1.30. The second kappa shape index (κ2) is 8.48. The van der Waals surface area contributed by atoms with Gasteiger partial charge in [0.1, 0.15) is 0 Å². The number of aliphatic hydroxyl groups excluding tert-OH is 2. The summed E-state index contributed by atoms with van der Waals surface area (Å²) in [5.74, 6) is 0.138. The lowest BCUT2D eigenvalue weighted by Gasteiger charge is -2.34. The van der Waals surface area contributed by atoms with Gasteiger partial charge in [-0.2, -0.15) is 0 Å². The van der Waals surface area contributed by atoms with Crippen molar-refractivity contribution in [2.45, 2.75) is 57.4 Å². The molecule has 0 aromatic carbocycles. The highest BCUT2D eigenvalue weighted by Crippen LogP contribution is 2.23. The Morgan fingerprint density at radius 3 is 2.35 bits per heavy atom. The molecule has 0 bridgehead atoms. The van der Waals surface area contributed by atoms with Gasteiger partial charge in [0.15, 0.2) is 0 Å². The van der Waals surface area contributed by atoms with Gasteiger partial charge in [-0.25, -0.2) is 0 Å². The summed E-state index contributed by atoms with van der Waals surface area (Å²) in [6.45, 7) is 0.654. The standard InChI is InChI=1S/C13H25NO3/c15-10-5-4-8-13(17)14(9-11-16)12-6-2-1-3-7-12/h12,15-16H,1-11H2. The average molecular weight is 243 g/mol. The summed E-state index contributed by atoms with van der Waals surface area (Å²) in [7, 11) is 0. The summed E-state index contributed by atoms with van der Waals surface area (Å²) in [6, 6.07) is 0.331. The Morgan fingerprint density at radius 2 is 1.76 bits per heavy atom. The SMILES string of the molecule is O=C(CCCCO)N(CCO)C1CCCCC1. The Bertz CT molecular complexity index is 215. The maximum absolute atomic E-state index is 12.0. The summed E-state index contributed by atoms with van der Waals surface area (Å²) in [5, 5.41) is 17.8. The Kier molecular flexibility index (Phi) is 7.21. The molecule has 2 N–H and O–H groups in total. The van der Waals surface area contributed by atoms with Crippen molar-refractivity contribution < 1.29 is 15.0 Å². The van der Waals surface area contributed by atoms with Crippen molar-refractivity contribution in [1.82, 2.24) is 4.90 Å². The summed E-state index contributed by atoms with van der Waals surface area (Å²) in [4.78, 5) is 13.9. The molecular formula is C13H25NO3. The van der Waals surface area contributed by atoms with Crippen LogP contribution in [0, 0.1) is 0 Å². The molecule has 1 aliphatic carbocycles. The van der Waals surface area contributed by atoms with Crippen LogP contribution in [0.15, 0.2) is 0 Å². The van der Waals surface area contributed by atoms with E-state index in [1.54, 1.807) is 0 Å². The minimum absolute atomic E-state index is 0.0439. The van der Waals surface area contributed by atoms with Crippen molar-refractivity contribution in [2.75, 3.05) is 19.8 Å². The molecule has 1 aliphatic rings. The molecule has 4 heteroatoms. The molecule has 0 spiro atoms. The first-order valence-electron chi connectivity index (χ1n) is 6.80. The van der Waals surface area contributed by atoms with Gasteiger partial charge in [-0.15, -0.1) is 0 Å². The molecule has 0 radical (unpaired) electrons. The van der Waals surface area contributed by atoms with Gasteiger partial charge in [0.25, 0.3) is 0 Å². The maximum Gasteiger partial charge on any atom is 0.222 e. The fourth-order valence-corrected chi connectivity index (χ4v) is 2.54. The highest BCUT2D eigenvalue weighted by molar-refractivity contribution is 5.76. The van der Waals surface area contributed by atoms with Crippen molar-refractivity contribution in [1.29, 1.82) is 0 Å². The molecule has 17 heavy (non-hydrogen) atoms. The highest BCUT2D eigenvalue weighted by atomic mass is 16.3. The van der Waals surface area contributed by atoms with Crippen LogP contribution in [0.2, 0.25) is 0 Å². The molecule has 0 atom stereocenters. The Balaban J connectivity index is 2.42. The largest absolute Gasteiger partial charge is 0.396 e. The molecule has 1 amide bonds. The minimum Gasteiger partial charge on any atom is -0.396 e. The van der Waals surface area contributed by atoms with Crippen LogP contribution in [0.5, 0.6) is 0 Å². The Labute approximate surface area is 104 Å². The van der Waals surface area contributed by atoms with Crippen LogP contribution in [0.3, 0.4) is 0 Å². The fraction of sp³-hybridized carbons (Fsp3) is 0.923. The quantitative estimate of drug-likeness (QED) is 0.663. The smallest absolute Gasteiger partial charge is 0.222 e. The van der Waals surface area contributed by atoms with Crippen LogP contribution in [-0.4, -0.2) is 46.8 Å². The van der Waals surface area contributed by atoms with Gasteiger partial charge in [0.05, 0.1) is 6.61 Å². The van der Waals surface area contributed by atoms with Gasteiger partial charge in [0, 0.05) is 25.6 Å². The molecule has 1 rings (SSSR count). The Morgan fingerprint density at radius 1 is 1.06 bits per heavy atom. The second-order valence-corrected chi connectivity index (χ2v) is 4.78. The third kappa shape index (κ3) is 5.04. The highest BCUT2D eigenvalue weighted by Gasteiger charge is 2.24. The lowest BCUT2D eigenvalue weighted by atomic mass is 9.94. The van der Waals surface area contributed by atoms with Gasteiger partial charge >= 0.3 is 0 Å². The predicted molar refractivity (Wildman–Crippen MR) is 66.6 cm³/mol. The van der Waals surface area contributed by atoms with E-state index in [1.165, 1.54) is 19.3 Å². The van der Waals surface area contributed by atoms with Crippen LogP contribution in [0.4, 0.5) is 0 Å². The van der Waals surface area contributed by atoms with Gasteiger partial charge in [-0.3, -0.25) is 4.79 Å². The molecule has 0 aromatic heterocycles. The van der Waals surface area contributed by atoms with Crippen LogP contribution < -0.4 is 0 Å². The zero-order valence-corrected chi connectivity index (χ0v) is 10.6. The van der Waals surface area contributed by atoms with E-state index in [1.807, 2.05) is 4.90 Å². The topological polar surface area (TPSA) is 60.8 Å². The number of hydrogen-bond acceptors (Lipinski definition) is 3. The van der Waals surface area contributed by atoms with E-state index in [-0.39, 0.29) is 19.1 Å². The number of unbranched alkanes of at least 4 members (excludes halogenated alkanes) is 1. The normalized spacial score (nSPS) is 17.1. The van der Waals surface area contributed by atoms with Crippen LogP contribution in [0.25, 0.3) is 0 Å². The minimum atomic E-state index is 0.0439. The van der Waals surface area contributed by atoms with Gasteiger partial charge in [-0.1, -0.05) is 19.3 Å². The van der Waals surface area contributed by atoms with E-state index < -0.39 is 0 Å².